The van der Waals surface area contributed by atoms with Gasteiger partial charge in [-0.25, -0.2) is 8.42 Å². The summed E-state index contributed by atoms with van der Waals surface area (Å²) in [5, 5.41) is -1.40. The molecule has 0 saturated heterocycles. The summed E-state index contributed by atoms with van der Waals surface area (Å²) in [6, 6.07) is 5.10. The van der Waals surface area contributed by atoms with Crippen LogP contribution in [0.3, 0.4) is 0 Å². The van der Waals surface area contributed by atoms with Crippen LogP contribution in [-0.2, 0) is 19.4 Å². The van der Waals surface area contributed by atoms with Crippen LogP contribution in [0.5, 0.6) is 0 Å². The molecular weight excluding hydrogens is 350 g/mol. The summed E-state index contributed by atoms with van der Waals surface area (Å²) in [7, 11) is -4.01. The molecule has 0 radical (unpaired) electrons. The maximum absolute atomic E-state index is 12.7. The fourth-order valence-corrected chi connectivity index (χ4v) is 4.62. The van der Waals surface area contributed by atoms with Gasteiger partial charge in [0.1, 0.15) is 0 Å². The van der Waals surface area contributed by atoms with Gasteiger partial charge in [-0.3, -0.25) is 4.79 Å². The zero-order chi connectivity index (χ0) is 18.2. The first-order valence-corrected chi connectivity index (χ1v) is 10.2. The average Bonchev–Trinajstić information content (AvgIpc) is 2.50. The third kappa shape index (κ3) is 5.76. The van der Waals surface area contributed by atoms with Crippen molar-refractivity contribution in [1.82, 2.24) is 0 Å². The Morgan fingerprint density at radius 1 is 1.21 bits per heavy atom. The van der Waals surface area contributed by atoms with E-state index in [0.717, 1.165) is 25.7 Å². The van der Waals surface area contributed by atoms with Gasteiger partial charge in [0, 0.05) is 6.04 Å². The second-order valence-corrected chi connectivity index (χ2v) is 8.28. The SMILES string of the molecule is CCCCCCCOC(=O)C(C(C)N)S(=O)(=O)c1ccccc1Cl. The lowest BCUT2D eigenvalue weighted by Gasteiger charge is -2.20. The molecule has 2 N–H and O–H groups in total. The van der Waals surface area contributed by atoms with E-state index in [9.17, 15) is 13.2 Å². The fraction of sp³-hybridized carbons (Fsp3) is 0.588. The first-order chi connectivity index (χ1) is 11.3. The smallest absolute Gasteiger partial charge is 0.326 e. The molecule has 7 heteroatoms. The Bertz CT molecular complexity index is 631. The summed E-state index contributed by atoms with van der Waals surface area (Å²) < 4.78 is 30.6. The zero-order valence-corrected chi connectivity index (χ0v) is 15.8. The van der Waals surface area contributed by atoms with Gasteiger partial charge in [-0.2, -0.15) is 0 Å². The summed E-state index contributed by atoms with van der Waals surface area (Å²) in [5.74, 6) is -0.819. The van der Waals surface area contributed by atoms with Gasteiger partial charge in [0.15, 0.2) is 15.1 Å². The predicted molar refractivity (Wildman–Crippen MR) is 95.8 cm³/mol. The molecule has 1 aromatic rings. The van der Waals surface area contributed by atoms with Gasteiger partial charge < -0.3 is 10.5 Å². The summed E-state index contributed by atoms with van der Waals surface area (Å²) >= 11 is 5.97. The fourth-order valence-electron chi connectivity index (χ4n) is 2.40. The second-order valence-electron chi connectivity index (χ2n) is 5.84. The van der Waals surface area contributed by atoms with E-state index < -0.39 is 27.1 Å². The number of nitrogens with two attached hydrogens (primary N) is 1. The number of esters is 1. The van der Waals surface area contributed by atoms with Crippen LogP contribution >= 0.6 is 11.6 Å². The van der Waals surface area contributed by atoms with Crippen LogP contribution in [0.1, 0.15) is 46.0 Å². The van der Waals surface area contributed by atoms with Gasteiger partial charge in [-0.05, 0) is 25.5 Å². The van der Waals surface area contributed by atoms with Crippen molar-refractivity contribution in [2.24, 2.45) is 5.73 Å². The Hall–Kier alpha value is -1.11. The number of carbonyl (C=O) groups is 1. The third-order valence-electron chi connectivity index (χ3n) is 3.68. The molecule has 24 heavy (non-hydrogen) atoms. The summed E-state index contributed by atoms with van der Waals surface area (Å²) in [6.07, 6.45) is 4.99. The monoisotopic (exact) mass is 375 g/mol. The van der Waals surface area contributed by atoms with Crippen LogP contribution in [0.2, 0.25) is 5.02 Å². The minimum Gasteiger partial charge on any atom is -0.465 e. The molecule has 0 aliphatic carbocycles. The summed E-state index contributed by atoms with van der Waals surface area (Å²) in [6.45, 7) is 3.79. The van der Waals surface area contributed by atoms with Crippen molar-refractivity contribution in [1.29, 1.82) is 0 Å². The largest absolute Gasteiger partial charge is 0.465 e. The molecule has 2 unspecified atom stereocenters. The van der Waals surface area contributed by atoms with Gasteiger partial charge in [0.25, 0.3) is 0 Å². The Morgan fingerprint density at radius 3 is 2.42 bits per heavy atom. The molecule has 0 aliphatic heterocycles. The molecule has 1 rings (SSSR count). The molecule has 5 nitrogen and oxygen atoms in total. The number of rotatable bonds is 10. The Balaban J connectivity index is 2.79. The number of hydrogen-bond acceptors (Lipinski definition) is 5. The Kier molecular flexibility index (Phi) is 8.73. The third-order valence-corrected chi connectivity index (χ3v) is 6.38. The molecule has 136 valence electrons. The van der Waals surface area contributed by atoms with Crippen molar-refractivity contribution in [2.45, 2.75) is 62.1 Å². The Morgan fingerprint density at radius 2 is 1.83 bits per heavy atom. The van der Waals surface area contributed by atoms with Gasteiger partial charge in [-0.1, -0.05) is 56.3 Å². The predicted octanol–water partition coefficient (Wildman–Crippen LogP) is 3.34. The van der Waals surface area contributed by atoms with E-state index in [0.29, 0.717) is 6.42 Å². The molecule has 2 atom stereocenters. The van der Waals surface area contributed by atoms with Gasteiger partial charge in [-0.15, -0.1) is 0 Å². The number of carbonyl (C=O) groups excluding carboxylic acids is 1. The number of ether oxygens (including phenoxy) is 1. The number of sulfone groups is 1. The van der Waals surface area contributed by atoms with E-state index in [1.165, 1.54) is 19.1 Å². The topological polar surface area (TPSA) is 86.5 Å². The highest BCUT2D eigenvalue weighted by Crippen LogP contribution is 2.26. The first-order valence-electron chi connectivity index (χ1n) is 8.23. The minimum atomic E-state index is -4.01. The average molecular weight is 376 g/mol. The quantitative estimate of drug-likeness (QED) is 0.500. The zero-order valence-electron chi connectivity index (χ0n) is 14.2. The lowest BCUT2D eigenvalue weighted by molar-refractivity contribution is -0.143. The van der Waals surface area contributed by atoms with Gasteiger partial charge >= 0.3 is 5.97 Å². The first kappa shape index (κ1) is 20.9. The van der Waals surface area contributed by atoms with Crippen molar-refractivity contribution < 1.29 is 17.9 Å². The summed E-state index contributed by atoms with van der Waals surface area (Å²) in [4.78, 5) is 12.2. The van der Waals surface area contributed by atoms with E-state index >= 15 is 0 Å². The van der Waals surface area contributed by atoms with E-state index in [4.69, 9.17) is 22.1 Å². The molecule has 0 fully saturated rings. The molecule has 0 bridgehead atoms. The second kappa shape index (κ2) is 10.0. The van der Waals surface area contributed by atoms with Crippen LogP contribution in [0.15, 0.2) is 29.2 Å². The number of unbranched alkanes of at least 4 members (excludes halogenated alkanes) is 4. The van der Waals surface area contributed by atoms with Crippen LogP contribution < -0.4 is 5.73 Å². The van der Waals surface area contributed by atoms with Crippen molar-refractivity contribution in [3.8, 4) is 0 Å². The number of hydrogen-bond donors (Lipinski definition) is 1. The highest BCUT2D eigenvalue weighted by atomic mass is 35.5. The molecule has 0 spiro atoms. The normalized spacial score (nSPS) is 14.2. The Labute approximate surface area is 149 Å². The maximum atomic E-state index is 12.7. The van der Waals surface area contributed by atoms with Crippen molar-refractivity contribution in [3.63, 3.8) is 0 Å². The van der Waals surface area contributed by atoms with Crippen LogP contribution in [-0.4, -0.2) is 32.3 Å². The molecule has 1 aromatic carbocycles. The highest BCUT2D eigenvalue weighted by molar-refractivity contribution is 7.93. The molecule has 0 saturated carbocycles. The lowest BCUT2D eigenvalue weighted by atomic mass is 10.2. The van der Waals surface area contributed by atoms with E-state index in [2.05, 4.69) is 6.92 Å². The minimum absolute atomic E-state index is 0.0653. The van der Waals surface area contributed by atoms with E-state index in [-0.39, 0.29) is 16.5 Å². The van der Waals surface area contributed by atoms with Gasteiger partial charge in [0.2, 0.25) is 0 Å². The molecule has 0 aromatic heterocycles. The standard InChI is InChI=1S/C17H26ClNO4S/c1-3-4-5-6-9-12-23-17(20)16(13(2)19)24(21,22)15-11-8-7-10-14(15)18/h7-8,10-11,13,16H,3-6,9,12,19H2,1-2H3. The molecular formula is C17H26ClNO4S. The molecule has 0 aliphatic rings. The van der Waals surface area contributed by atoms with E-state index in [1.807, 2.05) is 0 Å². The lowest BCUT2D eigenvalue weighted by Crippen LogP contribution is -2.45. The van der Waals surface area contributed by atoms with Gasteiger partial charge in [0.05, 0.1) is 16.5 Å². The maximum Gasteiger partial charge on any atom is 0.326 e. The molecule has 0 heterocycles. The van der Waals surface area contributed by atoms with Crippen LogP contribution in [0, 0.1) is 0 Å². The molecule has 0 amide bonds. The van der Waals surface area contributed by atoms with Crippen LogP contribution in [0.25, 0.3) is 0 Å². The van der Waals surface area contributed by atoms with Crippen molar-refractivity contribution in [2.75, 3.05) is 6.61 Å². The highest BCUT2D eigenvalue weighted by Gasteiger charge is 2.39. The van der Waals surface area contributed by atoms with Crippen LogP contribution in [0.4, 0.5) is 0 Å². The summed E-state index contributed by atoms with van der Waals surface area (Å²) in [5.41, 5.74) is 5.76. The van der Waals surface area contributed by atoms with Crippen molar-refractivity contribution in [3.05, 3.63) is 29.3 Å². The number of benzene rings is 1. The van der Waals surface area contributed by atoms with E-state index in [1.54, 1.807) is 12.1 Å². The van der Waals surface area contributed by atoms with Crippen molar-refractivity contribution >= 4 is 27.4 Å². The number of halogens is 1.